The van der Waals surface area contributed by atoms with Crippen LogP contribution in [0.15, 0.2) is 48.5 Å². The Morgan fingerprint density at radius 1 is 1.00 bits per heavy atom. The molecule has 0 unspecified atom stereocenters. The van der Waals surface area contributed by atoms with Gasteiger partial charge in [-0.25, -0.2) is 13.6 Å². The van der Waals surface area contributed by atoms with Crippen molar-refractivity contribution in [3.05, 3.63) is 54.1 Å². The van der Waals surface area contributed by atoms with Crippen LogP contribution in [-0.2, 0) is 15.5 Å². The molecular formula is C24H28F2N4O3. The van der Waals surface area contributed by atoms with Crippen molar-refractivity contribution < 1.29 is 23.1 Å². The van der Waals surface area contributed by atoms with Crippen LogP contribution in [0, 0.1) is 0 Å². The van der Waals surface area contributed by atoms with Crippen molar-refractivity contribution in [1.29, 1.82) is 0 Å². The first kappa shape index (κ1) is 23.0. The van der Waals surface area contributed by atoms with E-state index in [-0.39, 0.29) is 11.5 Å². The molecule has 2 heterocycles. The van der Waals surface area contributed by atoms with Gasteiger partial charge in [-0.3, -0.25) is 4.79 Å². The molecule has 1 atom stereocenters. The number of anilines is 3. The topological polar surface area (TPSA) is 73.9 Å². The Morgan fingerprint density at radius 2 is 1.64 bits per heavy atom. The third-order valence-electron chi connectivity index (χ3n) is 5.93. The molecule has 9 heteroatoms. The van der Waals surface area contributed by atoms with Gasteiger partial charge < -0.3 is 25.2 Å². The highest BCUT2D eigenvalue weighted by Crippen LogP contribution is 2.28. The smallest absolute Gasteiger partial charge is 0.319 e. The summed E-state index contributed by atoms with van der Waals surface area (Å²) in [4.78, 5) is 29.4. The molecule has 2 saturated heterocycles. The molecule has 2 fully saturated rings. The van der Waals surface area contributed by atoms with E-state index in [1.54, 1.807) is 4.90 Å². The van der Waals surface area contributed by atoms with Gasteiger partial charge >= 0.3 is 6.03 Å². The Morgan fingerprint density at radius 3 is 2.27 bits per heavy atom. The maximum Gasteiger partial charge on any atom is 0.319 e. The van der Waals surface area contributed by atoms with Crippen molar-refractivity contribution >= 4 is 29.0 Å². The molecule has 2 aliphatic heterocycles. The van der Waals surface area contributed by atoms with Gasteiger partial charge in [0.1, 0.15) is 6.04 Å². The van der Waals surface area contributed by atoms with Crippen LogP contribution in [0.25, 0.3) is 0 Å². The van der Waals surface area contributed by atoms with Crippen LogP contribution in [0.1, 0.15) is 25.3 Å². The normalized spacial score (nSPS) is 19.4. The number of alkyl halides is 2. The molecule has 176 valence electrons. The number of rotatable bonds is 5. The number of nitrogens with one attached hydrogen (secondary N) is 2. The lowest BCUT2D eigenvalue weighted by molar-refractivity contribution is -0.121. The van der Waals surface area contributed by atoms with E-state index >= 15 is 0 Å². The Hall–Kier alpha value is -3.20. The Bertz CT molecular complexity index is 971. The quantitative estimate of drug-likeness (QED) is 0.712. The summed E-state index contributed by atoms with van der Waals surface area (Å²) in [7, 11) is 0. The molecule has 33 heavy (non-hydrogen) atoms. The molecule has 2 aromatic carbocycles. The van der Waals surface area contributed by atoms with E-state index < -0.39 is 18.0 Å². The first-order valence-electron chi connectivity index (χ1n) is 11.1. The minimum absolute atomic E-state index is 0.133. The molecule has 0 aromatic heterocycles. The summed E-state index contributed by atoms with van der Waals surface area (Å²) in [5, 5.41) is 5.32. The van der Waals surface area contributed by atoms with Gasteiger partial charge in [-0.15, -0.1) is 0 Å². The van der Waals surface area contributed by atoms with Crippen LogP contribution in [0.4, 0.5) is 30.6 Å². The number of carbonyl (C=O) groups excluding carboxylic acids is 2. The molecule has 2 aromatic rings. The number of benzene rings is 2. The molecule has 4 rings (SSSR count). The van der Waals surface area contributed by atoms with E-state index in [0.717, 1.165) is 37.8 Å². The van der Waals surface area contributed by atoms with E-state index in [1.807, 2.05) is 24.3 Å². The Kier molecular flexibility index (Phi) is 6.78. The second-order valence-electron chi connectivity index (χ2n) is 8.36. The van der Waals surface area contributed by atoms with Gasteiger partial charge in [-0.1, -0.05) is 12.1 Å². The lowest BCUT2D eigenvalue weighted by atomic mass is 10.0. The van der Waals surface area contributed by atoms with Crippen molar-refractivity contribution in [2.24, 2.45) is 0 Å². The number of ether oxygens (including phenoxy) is 1. The highest BCUT2D eigenvalue weighted by molar-refractivity contribution is 6.01. The Balaban J connectivity index is 1.35. The number of carbonyl (C=O) groups is 2. The zero-order valence-electron chi connectivity index (χ0n) is 18.5. The van der Waals surface area contributed by atoms with Crippen molar-refractivity contribution in [2.75, 3.05) is 48.0 Å². The second-order valence-corrected chi connectivity index (χ2v) is 8.36. The number of amides is 3. The van der Waals surface area contributed by atoms with E-state index in [4.69, 9.17) is 4.74 Å². The molecule has 7 nitrogen and oxygen atoms in total. The third kappa shape index (κ3) is 5.60. The predicted molar refractivity (Wildman–Crippen MR) is 123 cm³/mol. The van der Waals surface area contributed by atoms with Gasteiger partial charge in [-0.05, 0) is 49.2 Å². The molecule has 0 saturated carbocycles. The predicted octanol–water partition coefficient (Wildman–Crippen LogP) is 3.95. The zero-order chi connectivity index (χ0) is 23.4. The van der Waals surface area contributed by atoms with E-state index in [1.165, 1.54) is 24.3 Å². The van der Waals surface area contributed by atoms with E-state index in [0.29, 0.717) is 31.9 Å². The monoisotopic (exact) mass is 458 g/mol. The highest BCUT2D eigenvalue weighted by atomic mass is 19.3. The van der Waals surface area contributed by atoms with Gasteiger partial charge in [0.05, 0.1) is 13.2 Å². The molecule has 0 radical (unpaired) electrons. The number of nitrogens with zero attached hydrogens (tertiary/aromatic N) is 2. The number of urea groups is 1. The largest absolute Gasteiger partial charge is 0.378 e. The third-order valence-corrected chi connectivity index (χ3v) is 5.93. The van der Waals surface area contributed by atoms with Gasteiger partial charge in [0.25, 0.3) is 5.92 Å². The molecule has 0 aliphatic carbocycles. The number of piperidine rings is 1. The standard InChI is InChI=1S/C24H28F2N4O3/c1-24(25,26)17-4-6-18(7-5-17)27-23(32)28-21-3-2-12-30(22(21)31)20-10-8-19(9-11-20)29-13-15-33-16-14-29/h4-11,21H,2-3,12-16H2,1H3,(H2,27,28,32)/t21-/m1/s1. The lowest BCUT2D eigenvalue weighted by Crippen LogP contribution is -2.53. The number of morpholine rings is 1. The fourth-order valence-corrected chi connectivity index (χ4v) is 4.10. The van der Waals surface area contributed by atoms with Crippen LogP contribution >= 0.6 is 0 Å². The Labute approximate surface area is 191 Å². The minimum Gasteiger partial charge on any atom is -0.378 e. The van der Waals surface area contributed by atoms with Crippen LogP contribution in [0.2, 0.25) is 0 Å². The average Bonchev–Trinajstić information content (AvgIpc) is 2.81. The fourth-order valence-electron chi connectivity index (χ4n) is 4.10. The average molecular weight is 459 g/mol. The number of hydrogen-bond acceptors (Lipinski definition) is 4. The summed E-state index contributed by atoms with van der Waals surface area (Å²) in [5.41, 5.74) is 2.12. The zero-order valence-corrected chi connectivity index (χ0v) is 18.5. The second kappa shape index (κ2) is 9.74. The van der Waals surface area contributed by atoms with Crippen molar-refractivity contribution in [3.63, 3.8) is 0 Å². The van der Waals surface area contributed by atoms with Crippen LogP contribution in [0.3, 0.4) is 0 Å². The summed E-state index contributed by atoms with van der Waals surface area (Å²) >= 11 is 0. The van der Waals surface area contributed by atoms with Crippen molar-refractivity contribution in [2.45, 2.75) is 31.7 Å². The summed E-state index contributed by atoms with van der Waals surface area (Å²) < 4.78 is 32.1. The summed E-state index contributed by atoms with van der Waals surface area (Å²) in [6.45, 7) is 4.49. The molecule has 0 spiro atoms. The fraction of sp³-hybridized carbons (Fsp3) is 0.417. The van der Waals surface area contributed by atoms with Crippen molar-refractivity contribution in [1.82, 2.24) is 5.32 Å². The lowest BCUT2D eigenvalue weighted by Gasteiger charge is -2.33. The number of hydrogen-bond donors (Lipinski definition) is 2. The van der Waals surface area contributed by atoms with Gasteiger partial charge in [0.15, 0.2) is 0 Å². The summed E-state index contributed by atoms with van der Waals surface area (Å²) in [6, 6.07) is 12.0. The van der Waals surface area contributed by atoms with Gasteiger partial charge in [-0.2, -0.15) is 0 Å². The maximum atomic E-state index is 13.3. The molecule has 0 bridgehead atoms. The van der Waals surface area contributed by atoms with E-state index in [9.17, 15) is 18.4 Å². The van der Waals surface area contributed by atoms with Gasteiger partial charge in [0, 0.05) is 49.2 Å². The summed E-state index contributed by atoms with van der Waals surface area (Å²) in [5.74, 6) is -3.12. The summed E-state index contributed by atoms with van der Waals surface area (Å²) in [6.07, 6.45) is 1.29. The van der Waals surface area contributed by atoms with Crippen LogP contribution < -0.4 is 20.4 Å². The molecule has 2 N–H and O–H groups in total. The number of halogens is 2. The first-order valence-corrected chi connectivity index (χ1v) is 11.1. The van der Waals surface area contributed by atoms with Gasteiger partial charge in [0.2, 0.25) is 5.91 Å². The maximum absolute atomic E-state index is 13.3. The first-order chi connectivity index (χ1) is 15.8. The molecule has 2 aliphatic rings. The highest BCUT2D eigenvalue weighted by Gasteiger charge is 2.31. The minimum atomic E-state index is -2.95. The molecule has 3 amide bonds. The SMILES string of the molecule is CC(F)(F)c1ccc(NC(=O)N[C@@H]2CCCN(c3ccc(N4CCOCC4)cc3)C2=O)cc1. The molecular weight excluding hydrogens is 430 g/mol. The van der Waals surface area contributed by atoms with E-state index in [2.05, 4.69) is 15.5 Å². The van der Waals surface area contributed by atoms with Crippen LogP contribution in [0.5, 0.6) is 0 Å². The van der Waals surface area contributed by atoms with Crippen LogP contribution in [-0.4, -0.2) is 50.8 Å². The van der Waals surface area contributed by atoms with Crippen molar-refractivity contribution in [3.8, 4) is 0 Å².